The summed E-state index contributed by atoms with van der Waals surface area (Å²) in [6.45, 7) is 1.96. The molecule has 0 unspecified atom stereocenters. The highest BCUT2D eigenvalue weighted by Crippen LogP contribution is 2.29. The summed E-state index contributed by atoms with van der Waals surface area (Å²) >= 11 is 0. The van der Waals surface area contributed by atoms with E-state index in [0.29, 0.717) is 11.3 Å². The fraction of sp³-hybridized carbons (Fsp3) is 0.0588. The number of hydrogen-bond acceptors (Lipinski definition) is 3. The summed E-state index contributed by atoms with van der Waals surface area (Å²) < 4.78 is 14.1. The maximum Gasteiger partial charge on any atom is 0.261 e. The first kappa shape index (κ1) is 13.5. The van der Waals surface area contributed by atoms with Gasteiger partial charge in [-0.15, -0.1) is 0 Å². The van der Waals surface area contributed by atoms with Gasteiger partial charge in [0.15, 0.2) is 0 Å². The van der Waals surface area contributed by atoms with E-state index in [0.717, 1.165) is 16.6 Å². The fourth-order valence-electron chi connectivity index (χ4n) is 2.81. The number of anilines is 1. The van der Waals surface area contributed by atoms with Crippen molar-refractivity contribution in [1.82, 2.24) is 15.0 Å². The average molecular weight is 308 g/mol. The molecule has 0 bridgehead atoms. The summed E-state index contributed by atoms with van der Waals surface area (Å²) in [7, 11) is 0. The quantitative estimate of drug-likeness (QED) is 0.505. The molecule has 0 fully saturated rings. The predicted octanol–water partition coefficient (Wildman–Crippen LogP) is 3.10. The second kappa shape index (κ2) is 4.67. The molecule has 2 aromatic heterocycles. The molecule has 0 aliphatic carbocycles. The third-order valence-corrected chi connectivity index (χ3v) is 3.90. The molecule has 6 heteroatoms. The van der Waals surface area contributed by atoms with Crippen molar-refractivity contribution in [2.45, 2.75) is 6.92 Å². The molecule has 0 aliphatic heterocycles. The average Bonchev–Trinajstić information content (AvgIpc) is 2.89. The van der Waals surface area contributed by atoms with Crippen LogP contribution in [0.15, 0.2) is 41.2 Å². The molecule has 0 saturated heterocycles. The SMILES string of the molecule is Cc1ccc2nc(-c3c(N)c4c(F)cccc4[nH]c3=O)[nH]c2c1. The Hall–Kier alpha value is -3.15. The Balaban J connectivity index is 2.07. The minimum absolute atomic E-state index is 0.0811. The number of nitrogens with one attached hydrogen (secondary N) is 2. The number of fused-ring (bicyclic) bond motifs is 2. The molecule has 4 N–H and O–H groups in total. The number of nitrogens with two attached hydrogens (primary N) is 1. The largest absolute Gasteiger partial charge is 0.397 e. The highest BCUT2D eigenvalue weighted by Gasteiger charge is 2.17. The van der Waals surface area contributed by atoms with E-state index in [-0.39, 0.29) is 16.6 Å². The molecule has 114 valence electrons. The van der Waals surface area contributed by atoms with Crippen molar-refractivity contribution in [2.75, 3.05) is 5.73 Å². The van der Waals surface area contributed by atoms with E-state index in [4.69, 9.17) is 5.73 Å². The van der Waals surface area contributed by atoms with Gasteiger partial charge in [-0.05, 0) is 36.8 Å². The lowest BCUT2D eigenvalue weighted by Crippen LogP contribution is -2.13. The predicted molar refractivity (Wildman–Crippen MR) is 88.8 cm³/mol. The van der Waals surface area contributed by atoms with Gasteiger partial charge < -0.3 is 15.7 Å². The molecule has 0 amide bonds. The monoisotopic (exact) mass is 308 g/mol. The van der Waals surface area contributed by atoms with Crippen molar-refractivity contribution < 1.29 is 4.39 Å². The molecular weight excluding hydrogens is 295 g/mol. The number of pyridine rings is 1. The maximum atomic E-state index is 14.1. The van der Waals surface area contributed by atoms with Crippen LogP contribution in [0.5, 0.6) is 0 Å². The van der Waals surface area contributed by atoms with Gasteiger partial charge in [0.2, 0.25) is 0 Å². The minimum atomic E-state index is -0.482. The first-order valence-corrected chi connectivity index (χ1v) is 7.11. The molecule has 0 saturated carbocycles. The van der Waals surface area contributed by atoms with Gasteiger partial charge in [0, 0.05) is 0 Å². The summed E-state index contributed by atoms with van der Waals surface area (Å²) in [5, 5.41) is 0.193. The smallest absolute Gasteiger partial charge is 0.261 e. The van der Waals surface area contributed by atoms with Crippen LogP contribution in [0.1, 0.15) is 5.56 Å². The Bertz CT molecular complexity index is 1130. The molecule has 4 rings (SSSR count). The molecule has 0 spiro atoms. The van der Waals surface area contributed by atoms with Crippen molar-refractivity contribution in [3.8, 4) is 11.4 Å². The van der Waals surface area contributed by atoms with Crippen LogP contribution >= 0.6 is 0 Å². The Morgan fingerprint density at radius 3 is 2.78 bits per heavy atom. The van der Waals surface area contributed by atoms with E-state index in [9.17, 15) is 9.18 Å². The van der Waals surface area contributed by atoms with Crippen molar-refractivity contribution in [3.63, 3.8) is 0 Å². The van der Waals surface area contributed by atoms with Gasteiger partial charge in [0.1, 0.15) is 17.2 Å². The zero-order valence-electron chi connectivity index (χ0n) is 12.3. The number of hydrogen-bond donors (Lipinski definition) is 3. The van der Waals surface area contributed by atoms with E-state index in [1.54, 1.807) is 6.07 Å². The van der Waals surface area contributed by atoms with Gasteiger partial charge in [-0.1, -0.05) is 12.1 Å². The number of aromatic amines is 2. The second-order valence-corrected chi connectivity index (χ2v) is 5.51. The van der Waals surface area contributed by atoms with Gasteiger partial charge in [-0.3, -0.25) is 4.79 Å². The number of halogens is 1. The lowest BCUT2D eigenvalue weighted by molar-refractivity contribution is 0.640. The standard InChI is InChI=1S/C17H13FN4O/c1-8-5-6-10-12(7-8)21-16(20-10)14-15(19)13-9(18)3-2-4-11(13)22-17(14)23/h2-7H,1H3,(H,20,21)(H3,19,22,23). The molecule has 5 nitrogen and oxygen atoms in total. The molecular formula is C17H13FN4O. The molecule has 2 heterocycles. The van der Waals surface area contributed by atoms with Crippen LogP contribution in [-0.2, 0) is 0 Å². The van der Waals surface area contributed by atoms with Gasteiger partial charge in [-0.2, -0.15) is 0 Å². The van der Waals surface area contributed by atoms with Crippen molar-refractivity contribution in [2.24, 2.45) is 0 Å². The number of rotatable bonds is 1. The van der Waals surface area contributed by atoms with Crippen LogP contribution in [0, 0.1) is 12.7 Å². The first-order chi connectivity index (χ1) is 11.0. The third-order valence-electron chi connectivity index (χ3n) is 3.90. The van der Waals surface area contributed by atoms with Crippen LogP contribution in [0.4, 0.5) is 10.1 Å². The topological polar surface area (TPSA) is 87.6 Å². The zero-order chi connectivity index (χ0) is 16.1. The second-order valence-electron chi connectivity index (χ2n) is 5.51. The highest BCUT2D eigenvalue weighted by molar-refractivity contribution is 5.98. The Kier molecular flexibility index (Phi) is 2.74. The fourth-order valence-corrected chi connectivity index (χ4v) is 2.81. The zero-order valence-corrected chi connectivity index (χ0v) is 12.3. The molecule has 0 aliphatic rings. The Labute approximate surface area is 130 Å². The van der Waals surface area contributed by atoms with E-state index in [1.165, 1.54) is 12.1 Å². The lowest BCUT2D eigenvalue weighted by atomic mass is 10.1. The van der Waals surface area contributed by atoms with Gasteiger partial charge in [-0.25, -0.2) is 9.37 Å². The Morgan fingerprint density at radius 1 is 1.13 bits per heavy atom. The van der Waals surface area contributed by atoms with E-state index in [1.807, 2.05) is 25.1 Å². The number of nitrogen functional groups attached to an aromatic ring is 1. The lowest BCUT2D eigenvalue weighted by Gasteiger charge is -2.07. The van der Waals surface area contributed by atoms with Gasteiger partial charge in [0.25, 0.3) is 5.56 Å². The van der Waals surface area contributed by atoms with E-state index < -0.39 is 11.4 Å². The number of nitrogens with zero attached hydrogens (tertiary/aromatic N) is 1. The van der Waals surface area contributed by atoms with Crippen LogP contribution in [0.3, 0.4) is 0 Å². The van der Waals surface area contributed by atoms with Crippen LogP contribution < -0.4 is 11.3 Å². The number of H-pyrrole nitrogens is 2. The molecule has 2 aromatic carbocycles. The minimum Gasteiger partial charge on any atom is -0.397 e. The maximum absolute atomic E-state index is 14.1. The van der Waals surface area contributed by atoms with E-state index >= 15 is 0 Å². The van der Waals surface area contributed by atoms with Crippen LogP contribution in [0.2, 0.25) is 0 Å². The summed E-state index contributed by atoms with van der Waals surface area (Å²) in [6, 6.07) is 10.2. The summed E-state index contributed by atoms with van der Waals surface area (Å²) in [5.41, 5.74) is 8.86. The van der Waals surface area contributed by atoms with E-state index in [2.05, 4.69) is 15.0 Å². The highest BCUT2D eigenvalue weighted by atomic mass is 19.1. The summed E-state index contributed by atoms with van der Waals surface area (Å²) in [5.74, 6) is -0.154. The first-order valence-electron chi connectivity index (χ1n) is 7.11. The molecule has 23 heavy (non-hydrogen) atoms. The number of imidazole rings is 1. The van der Waals surface area contributed by atoms with Gasteiger partial charge >= 0.3 is 0 Å². The summed E-state index contributed by atoms with van der Waals surface area (Å²) in [4.78, 5) is 22.5. The normalized spacial score (nSPS) is 11.4. The Morgan fingerprint density at radius 2 is 1.96 bits per heavy atom. The third kappa shape index (κ3) is 1.99. The molecule has 4 aromatic rings. The molecule has 0 atom stereocenters. The van der Waals surface area contributed by atoms with Crippen molar-refractivity contribution in [3.05, 3.63) is 58.1 Å². The van der Waals surface area contributed by atoms with Crippen molar-refractivity contribution in [1.29, 1.82) is 0 Å². The van der Waals surface area contributed by atoms with Crippen LogP contribution in [0.25, 0.3) is 33.3 Å². The summed E-state index contributed by atoms with van der Waals surface area (Å²) in [6.07, 6.45) is 0. The number of aromatic nitrogens is 3. The van der Waals surface area contributed by atoms with Gasteiger partial charge in [0.05, 0.1) is 27.6 Å². The number of benzene rings is 2. The van der Waals surface area contributed by atoms with Crippen LogP contribution in [-0.4, -0.2) is 15.0 Å². The number of aryl methyl sites for hydroxylation is 1. The molecule has 0 radical (unpaired) electrons. The van der Waals surface area contributed by atoms with Crippen molar-refractivity contribution >= 4 is 27.6 Å².